The van der Waals surface area contributed by atoms with E-state index in [2.05, 4.69) is 22.5 Å². The summed E-state index contributed by atoms with van der Waals surface area (Å²) in [6.07, 6.45) is 11.2. The maximum atomic E-state index is 12.1. The summed E-state index contributed by atoms with van der Waals surface area (Å²) in [5, 5.41) is 3.05. The second-order valence-electron chi connectivity index (χ2n) is 5.38. The van der Waals surface area contributed by atoms with E-state index in [4.69, 9.17) is 0 Å². The number of allylic oxidation sites excluding steroid dienone is 2. The van der Waals surface area contributed by atoms with Crippen LogP contribution in [-0.2, 0) is 18.3 Å². The number of amides is 1. The van der Waals surface area contributed by atoms with E-state index in [9.17, 15) is 4.79 Å². The zero-order chi connectivity index (χ0) is 12.5. The molecule has 0 unspecified atom stereocenters. The summed E-state index contributed by atoms with van der Waals surface area (Å²) in [5.41, 5.74) is 0. The number of rotatable bonds is 4. The topological polar surface area (TPSA) is 46.9 Å². The van der Waals surface area contributed by atoms with E-state index in [1.54, 1.807) is 6.20 Å². The van der Waals surface area contributed by atoms with Crippen molar-refractivity contribution in [1.82, 2.24) is 14.9 Å². The fourth-order valence-corrected chi connectivity index (χ4v) is 3.15. The Morgan fingerprint density at radius 3 is 3.00 bits per heavy atom. The fraction of sp³-hybridized carbons (Fsp3) is 0.571. The molecule has 0 aromatic carbocycles. The highest BCUT2D eigenvalue weighted by Crippen LogP contribution is 2.43. The Bertz CT molecular complexity index is 477. The van der Waals surface area contributed by atoms with Crippen molar-refractivity contribution in [3.05, 3.63) is 30.4 Å². The summed E-state index contributed by atoms with van der Waals surface area (Å²) in [6.45, 7) is 0.682. The number of hydrogen-bond acceptors (Lipinski definition) is 2. The molecule has 1 N–H and O–H groups in total. The van der Waals surface area contributed by atoms with Crippen LogP contribution in [0, 0.1) is 17.8 Å². The Morgan fingerprint density at radius 1 is 1.50 bits per heavy atom. The molecule has 3 atom stereocenters. The second-order valence-corrected chi connectivity index (χ2v) is 5.38. The molecule has 0 aliphatic heterocycles. The van der Waals surface area contributed by atoms with Crippen LogP contribution in [0.2, 0.25) is 0 Å². The molecule has 96 valence electrons. The van der Waals surface area contributed by atoms with Crippen molar-refractivity contribution in [3.63, 3.8) is 0 Å². The molecule has 0 radical (unpaired) electrons. The molecule has 0 saturated heterocycles. The zero-order valence-electron chi connectivity index (χ0n) is 10.7. The molecular formula is C14H19N3O. The average Bonchev–Trinajstić information content (AvgIpc) is 3.06. The van der Waals surface area contributed by atoms with Crippen LogP contribution >= 0.6 is 0 Å². The number of carbonyl (C=O) groups is 1. The Labute approximate surface area is 107 Å². The first-order valence-corrected chi connectivity index (χ1v) is 6.66. The van der Waals surface area contributed by atoms with Gasteiger partial charge in [0.2, 0.25) is 5.91 Å². The van der Waals surface area contributed by atoms with Crippen molar-refractivity contribution < 1.29 is 4.79 Å². The van der Waals surface area contributed by atoms with Gasteiger partial charge in [0.05, 0.1) is 0 Å². The first-order valence-electron chi connectivity index (χ1n) is 6.66. The number of nitrogens with zero attached hydrogens (tertiary/aromatic N) is 2. The molecule has 18 heavy (non-hydrogen) atoms. The van der Waals surface area contributed by atoms with E-state index in [1.807, 2.05) is 17.8 Å². The molecule has 2 aliphatic carbocycles. The Balaban J connectivity index is 1.48. The van der Waals surface area contributed by atoms with Gasteiger partial charge in [-0.05, 0) is 24.7 Å². The van der Waals surface area contributed by atoms with Crippen LogP contribution in [-0.4, -0.2) is 22.0 Å². The van der Waals surface area contributed by atoms with Gasteiger partial charge in [0.1, 0.15) is 5.82 Å². The number of carbonyl (C=O) groups excluding carboxylic acids is 1. The number of fused-ring (bicyclic) bond motifs is 2. The SMILES string of the molecule is Cn1ccnc1CCNC(=O)[C@@H]1C[C@@H]2C=C[C@H]1C2. The largest absolute Gasteiger partial charge is 0.355 e. The minimum Gasteiger partial charge on any atom is -0.355 e. The quantitative estimate of drug-likeness (QED) is 0.813. The van der Waals surface area contributed by atoms with Crippen molar-refractivity contribution in [3.8, 4) is 0 Å². The van der Waals surface area contributed by atoms with Crippen molar-refractivity contribution in [2.45, 2.75) is 19.3 Å². The first-order chi connectivity index (χ1) is 8.74. The molecule has 0 spiro atoms. The Kier molecular flexibility index (Phi) is 2.94. The van der Waals surface area contributed by atoms with E-state index in [-0.39, 0.29) is 11.8 Å². The Hall–Kier alpha value is -1.58. The lowest BCUT2D eigenvalue weighted by molar-refractivity contribution is -0.125. The summed E-state index contributed by atoms with van der Waals surface area (Å²) in [6, 6.07) is 0. The van der Waals surface area contributed by atoms with Gasteiger partial charge in [0.15, 0.2) is 0 Å². The number of aryl methyl sites for hydroxylation is 1. The highest BCUT2D eigenvalue weighted by atomic mass is 16.1. The van der Waals surface area contributed by atoms with Gasteiger partial charge in [0, 0.05) is 38.3 Å². The van der Waals surface area contributed by atoms with Crippen LogP contribution in [0.1, 0.15) is 18.7 Å². The molecule has 1 amide bonds. The minimum absolute atomic E-state index is 0.210. The molecule has 1 heterocycles. The van der Waals surface area contributed by atoms with Crippen molar-refractivity contribution in [2.75, 3.05) is 6.54 Å². The summed E-state index contributed by atoms with van der Waals surface area (Å²) >= 11 is 0. The minimum atomic E-state index is 0.210. The van der Waals surface area contributed by atoms with Crippen LogP contribution in [0.3, 0.4) is 0 Å². The van der Waals surface area contributed by atoms with E-state index >= 15 is 0 Å². The summed E-state index contributed by atoms with van der Waals surface area (Å²) in [7, 11) is 1.98. The van der Waals surface area contributed by atoms with Crippen LogP contribution in [0.5, 0.6) is 0 Å². The lowest BCUT2D eigenvalue weighted by Crippen LogP contribution is -2.34. The van der Waals surface area contributed by atoms with Gasteiger partial charge in [-0.25, -0.2) is 4.98 Å². The van der Waals surface area contributed by atoms with Gasteiger partial charge in [-0.2, -0.15) is 0 Å². The van der Waals surface area contributed by atoms with Crippen molar-refractivity contribution in [2.24, 2.45) is 24.8 Å². The van der Waals surface area contributed by atoms with E-state index < -0.39 is 0 Å². The van der Waals surface area contributed by atoms with Gasteiger partial charge in [-0.15, -0.1) is 0 Å². The highest BCUT2D eigenvalue weighted by Gasteiger charge is 2.39. The lowest BCUT2D eigenvalue weighted by atomic mass is 9.93. The summed E-state index contributed by atoms with van der Waals surface area (Å²) < 4.78 is 1.99. The standard InChI is InChI=1S/C14H19N3O/c1-17-7-6-15-13(17)4-5-16-14(18)12-9-10-2-3-11(12)8-10/h2-3,6-7,10-12H,4-5,8-9H2,1H3,(H,16,18)/t10-,11+,12-/m1/s1. The molecule has 1 fully saturated rings. The Morgan fingerprint density at radius 2 is 2.39 bits per heavy atom. The molecule has 2 bridgehead atoms. The van der Waals surface area contributed by atoms with E-state index in [0.29, 0.717) is 18.4 Å². The molecule has 2 aliphatic rings. The van der Waals surface area contributed by atoms with Gasteiger partial charge in [0.25, 0.3) is 0 Å². The number of hydrogen-bond donors (Lipinski definition) is 1. The van der Waals surface area contributed by atoms with Gasteiger partial charge in [-0.1, -0.05) is 12.2 Å². The summed E-state index contributed by atoms with van der Waals surface area (Å²) in [5.74, 6) is 2.59. The summed E-state index contributed by atoms with van der Waals surface area (Å²) in [4.78, 5) is 16.3. The molecular weight excluding hydrogens is 226 g/mol. The molecule has 1 aromatic rings. The first kappa shape index (κ1) is 11.5. The third-order valence-electron chi connectivity index (χ3n) is 4.18. The highest BCUT2D eigenvalue weighted by molar-refractivity contribution is 5.79. The zero-order valence-corrected chi connectivity index (χ0v) is 10.7. The molecule has 1 saturated carbocycles. The van der Waals surface area contributed by atoms with E-state index in [1.165, 1.54) is 6.42 Å². The smallest absolute Gasteiger partial charge is 0.223 e. The van der Waals surface area contributed by atoms with Crippen LogP contribution in [0.15, 0.2) is 24.5 Å². The van der Waals surface area contributed by atoms with Crippen LogP contribution in [0.25, 0.3) is 0 Å². The molecule has 4 nitrogen and oxygen atoms in total. The van der Waals surface area contributed by atoms with E-state index in [0.717, 1.165) is 18.7 Å². The number of imidazole rings is 1. The fourth-order valence-electron chi connectivity index (χ4n) is 3.15. The monoisotopic (exact) mass is 245 g/mol. The second kappa shape index (κ2) is 4.59. The molecule has 3 rings (SSSR count). The molecule has 1 aromatic heterocycles. The third-order valence-corrected chi connectivity index (χ3v) is 4.18. The van der Waals surface area contributed by atoms with Gasteiger partial charge in [-0.3, -0.25) is 4.79 Å². The van der Waals surface area contributed by atoms with Crippen molar-refractivity contribution >= 4 is 5.91 Å². The maximum Gasteiger partial charge on any atom is 0.223 e. The van der Waals surface area contributed by atoms with Crippen LogP contribution < -0.4 is 5.32 Å². The predicted octanol–water partition coefficient (Wildman–Crippen LogP) is 1.29. The predicted molar refractivity (Wildman–Crippen MR) is 68.8 cm³/mol. The third kappa shape index (κ3) is 2.07. The van der Waals surface area contributed by atoms with Crippen LogP contribution in [0.4, 0.5) is 0 Å². The van der Waals surface area contributed by atoms with Gasteiger partial charge >= 0.3 is 0 Å². The normalized spacial score (nSPS) is 28.8. The molecule has 4 heteroatoms. The average molecular weight is 245 g/mol. The number of aromatic nitrogens is 2. The van der Waals surface area contributed by atoms with Crippen molar-refractivity contribution in [1.29, 1.82) is 0 Å². The lowest BCUT2D eigenvalue weighted by Gasteiger charge is -2.17. The maximum absolute atomic E-state index is 12.1. The van der Waals surface area contributed by atoms with Gasteiger partial charge < -0.3 is 9.88 Å². The number of nitrogens with one attached hydrogen (secondary N) is 1.